The Bertz CT molecular complexity index is 1530. The largest absolute Gasteiger partial charge is 0.497 e. The molecule has 0 saturated carbocycles. The van der Waals surface area contributed by atoms with Crippen LogP contribution in [0.5, 0.6) is 11.5 Å². The van der Waals surface area contributed by atoms with Gasteiger partial charge in [0.2, 0.25) is 0 Å². The van der Waals surface area contributed by atoms with Gasteiger partial charge in [-0.3, -0.25) is 9.59 Å². The number of aromatic nitrogens is 1. The van der Waals surface area contributed by atoms with Gasteiger partial charge in [-0.05, 0) is 83.9 Å². The standard InChI is InChI=1S/C32H25NO4/c1-36-25-11-3-21(4-12-25)7-17-31(34)23-9-15-29-27(19-23)28-20-24(10-16-30(28)33-29)32(35)18-8-22-5-13-26(37-2)14-6-22/h3-20,33H,1-2H3. The van der Waals surface area contributed by atoms with E-state index in [1.165, 1.54) is 0 Å². The molecule has 5 rings (SSSR count). The second-order valence-corrected chi connectivity index (χ2v) is 8.59. The number of methoxy groups -OCH3 is 2. The summed E-state index contributed by atoms with van der Waals surface area (Å²) >= 11 is 0. The van der Waals surface area contributed by atoms with E-state index in [0.717, 1.165) is 44.4 Å². The second kappa shape index (κ2) is 10.4. The number of carbonyl (C=O) groups excluding carboxylic acids is 2. The molecule has 5 nitrogen and oxygen atoms in total. The second-order valence-electron chi connectivity index (χ2n) is 8.59. The summed E-state index contributed by atoms with van der Waals surface area (Å²) in [4.78, 5) is 29.1. The highest BCUT2D eigenvalue weighted by molar-refractivity contribution is 6.15. The fourth-order valence-corrected chi connectivity index (χ4v) is 4.17. The molecule has 182 valence electrons. The Morgan fingerprint density at radius 3 is 1.38 bits per heavy atom. The summed E-state index contributed by atoms with van der Waals surface area (Å²) in [6.45, 7) is 0. The summed E-state index contributed by atoms with van der Waals surface area (Å²) in [5.74, 6) is 1.34. The highest BCUT2D eigenvalue weighted by Crippen LogP contribution is 2.28. The van der Waals surface area contributed by atoms with Crippen LogP contribution >= 0.6 is 0 Å². The first kappa shape index (κ1) is 23.8. The monoisotopic (exact) mass is 487 g/mol. The van der Waals surface area contributed by atoms with Gasteiger partial charge in [0.05, 0.1) is 14.2 Å². The molecule has 0 bridgehead atoms. The first-order valence-electron chi connectivity index (χ1n) is 11.8. The van der Waals surface area contributed by atoms with Crippen molar-refractivity contribution >= 4 is 45.5 Å². The van der Waals surface area contributed by atoms with E-state index in [1.54, 1.807) is 38.5 Å². The fraction of sp³-hybridized carbons (Fsp3) is 0.0625. The molecule has 5 aromatic rings. The molecule has 0 fully saturated rings. The Hall–Kier alpha value is -4.90. The molecule has 0 aliphatic carbocycles. The van der Waals surface area contributed by atoms with Crippen molar-refractivity contribution in [3.05, 3.63) is 119 Å². The Morgan fingerprint density at radius 1 is 0.595 bits per heavy atom. The lowest BCUT2D eigenvalue weighted by Gasteiger charge is -2.01. The van der Waals surface area contributed by atoms with E-state index in [-0.39, 0.29) is 11.6 Å². The van der Waals surface area contributed by atoms with E-state index in [0.29, 0.717) is 11.1 Å². The molecule has 0 atom stereocenters. The third-order valence-corrected chi connectivity index (χ3v) is 6.25. The van der Waals surface area contributed by atoms with Crippen LogP contribution < -0.4 is 9.47 Å². The predicted molar refractivity (Wildman–Crippen MR) is 149 cm³/mol. The van der Waals surface area contributed by atoms with Crippen LogP contribution in [0.15, 0.2) is 97.1 Å². The Kier molecular flexibility index (Phi) is 6.68. The highest BCUT2D eigenvalue weighted by Gasteiger charge is 2.11. The first-order chi connectivity index (χ1) is 18.0. The SMILES string of the molecule is COc1ccc(C=CC(=O)c2ccc3[nH]c4ccc(C(=O)C=Cc5ccc(OC)cc5)cc4c3c2)cc1. The minimum absolute atomic E-state index is 0.0956. The zero-order valence-corrected chi connectivity index (χ0v) is 20.5. The number of nitrogens with one attached hydrogen (secondary N) is 1. The Balaban J connectivity index is 1.40. The van der Waals surface area contributed by atoms with Crippen molar-refractivity contribution in [2.75, 3.05) is 14.2 Å². The number of hydrogen-bond acceptors (Lipinski definition) is 4. The number of aromatic amines is 1. The van der Waals surface area contributed by atoms with Gasteiger partial charge in [0.1, 0.15) is 11.5 Å². The van der Waals surface area contributed by atoms with Gasteiger partial charge in [-0.1, -0.05) is 36.4 Å². The molecular formula is C32H25NO4. The molecule has 0 saturated heterocycles. The fourth-order valence-electron chi connectivity index (χ4n) is 4.17. The molecule has 1 heterocycles. The van der Waals surface area contributed by atoms with Crippen LogP contribution in [0.25, 0.3) is 34.0 Å². The maximum absolute atomic E-state index is 12.9. The van der Waals surface area contributed by atoms with Crippen LogP contribution in [-0.4, -0.2) is 30.8 Å². The van der Waals surface area contributed by atoms with E-state index >= 15 is 0 Å². The predicted octanol–water partition coefficient (Wildman–Crippen LogP) is 7.13. The maximum Gasteiger partial charge on any atom is 0.185 e. The average Bonchev–Trinajstić information content (AvgIpc) is 3.32. The van der Waals surface area contributed by atoms with Crippen molar-refractivity contribution in [3.8, 4) is 11.5 Å². The third kappa shape index (κ3) is 5.21. The van der Waals surface area contributed by atoms with Crippen LogP contribution in [-0.2, 0) is 0 Å². The number of allylic oxidation sites excluding steroid dienone is 2. The molecule has 0 spiro atoms. The molecule has 4 aromatic carbocycles. The zero-order valence-electron chi connectivity index (χ0n) is 20.5. The van der Waals surface area contributed by atoms with Gasteiger partial charge in [0.15, 0.2) is 11.6 Å². The van der Waals surface area contributed by atoms with Crippen molar-refractivity contribution in [1.82, 2.24) is 4.98 Å². The van der Waals surface area contributed by atoms with E-state index in [4.69, 9.17) is 9.47 Å². The zero-order chi connectivity index (χ0) is 25.8. The van der Waals surface area contributed by atoms with Crippen LogP contribution in [0.3, 0.4) is 0 Å². The van der Waals surface area contributed by atoms with Gasteiger partial charge < -0.3 is 14.5 Å². The third-order valence-electron chi connectivity index (χ3n) is 6.25. The molecule has 37 heavy (non-hydrogen) atoms. The summed E-state index contributed by atoms with van der Waals surface area (Å²) in [5.41, 5.74) is 4.79. The van der Waals surface area contributed by atoms with Crippen LogP contribution in [0, 0.1) is 0 Å². The Morgan fingerprint density at radius 2 is 1.00 bits per heavy atom. The molecule has 0 radical (unpaired) electrons. The Labute approximate surface area is 214 Å². The van der Waals surface area contributed by atoms with Gasteiger partial charge in [-0.25, -0.2) is 0 Å². The van der Waals surface area contributed by atoms with E-state index < -0.39 is 0 Å². The van der Waals surface area contributed by atoms with Gasteiger partial charge in [0.25, 0.3) is 0 Å². The van der Waals surface area contributed by atoms with Crippen molar-refractivity contribution in [2.45, 2.75) is 0 Å². The molecule has 0 aliphatic rings. The summed E-state index contributed by atoms with van der Waals surface area (Å²) < 4.78 is 10.3. The number of carbonyl (C=O) groups is 2. The van der Waals surface area contributed by atoms with Gasteiger partial charge in [0, 0.05) is 32.9 Å². The average molecular weight is 488 g/mol. The maximum atomic E-state index is 12.9. The summed E-state index contributed by atoms with van der Waals surface area (Å²) in [6.07, 6.45) is 6.70. The van der Waals surface area contributed by atoms with Gasteiger partial charge >= 0.3 is 0 Å². The van der Waals surface area contributed by atoms with E-state index in [9.17, 15) is 9.59 Å². The van der Waals surface area contributed by atoms with E-state index in [1.807, 2.05) is 84.9 Å². The van der Waals surface area contributed by atoms with Crippen molar-refractivity contribution in [3.63, 3.8) is 0 Å². The number of H-pyrrole nitrogens is 1. The van der Waals surface area contributed by atoms with Crippen LogP contribution in [0.4, 0.5) is 0 Å². The number of ketones is 2. The lowest BCUT2D eigenvalue weighted by Crippen LogP contribution is -1.94. The number of fused-ring (bicyclic) bond motifs is 3. The van der Waals surface area contributed by atoms with Gasteiger partial charge in [-0.2, -0.15) is 0 Å². The van der Waals surface area contributed by atoms with Crippen molar-refractivity contribution in [1.29, 1.82) is 0 Å². The molecule has 0 unspecified atom stereocenters. The summed E-state index contributed by atoms with van der Waals surface area (Å²) in [6, 6.07) is 26.2. The summed E-state index contributed by atoms with van der Waals surface area (Å²) in [5, 5.41) is 1.79. The van der Waals surface area contributed by atoms with Crippen molar-refractivity contribution in [2.24, 2.45) is 0 Å². The minimum atomic E-state index is -0.0956. The molecule has 0 aliphatic heterocycles. The van der Waals surface area contributed by atoms with Crippen LogP contribution in [0.2, 0.25) is 0 Å². The van der Waals surface area contributed by atoms with Crippen molar-refractivity contribution < 1.29 is 19.1 Å². The number of hydrogen-bond donors (Lipinski definition) is 1. The topological polar surface area (TPSA) is 68.4 Å². The lowest BCUT2D eigenvalue weighted by molar-refractivity contribution is 0.104. The summed E-state index contributed by atoms with van der Waals surface area (Å²) in [7, 11) is 3.24. The number of rotatable bonds is 8. The van der Waals surface area contributed by atoms with E-state index in [2.05, 4.69) is 4.98 Å². The van der Waals surface area contributed by atoms with Crippen LogP contribution in [0.1, 0.15) is 31.8 Å². The first-order valence-corrected chi connectivity index (χ1v) is 11.8. The molecule has 0 amide bonds. The number of benzene rings is 4. The normalized spacial score (nSPS) is 11.5. The molecule has 1 N–H and O–H groups in total. The minimum Gasteiger partial charge on any atom is -0.497 e. The smallest absolute Gasteiger partial charge is 0.185 e. The molecular weight excluding hydrogens is 462 g/mol. The molecule has 5 heteroatoms. The lowest BCUT2D eigenvalue weighted by atomic mass is 10.0. The van der Waals surface area contributed by atoms with Gasteiger partial charge in [-0.15, -0.1) is 0 Å². The highest BCUT2D eigenvalue weighted by atomic mass is 16.5. The quantitative estimate of drug-likeness (QED) is 0.187. The molecule has 1 aromatic heterocycles. The number of ether oxygens (including phenoxy) is 2.